The Labute approximate surface area is 134 Å². The van der Waals surface area contributed by atoms with Gasteiger partial charge in [0.1, 0.15) is 5.75 Å². The molecule has 0 saturated carbocycles. The molecule has 2 aromatic carbocycles. The molecule has 2 aromatic rings. The van der Waals surface area contributed by atoms with E-state index in [2.05, 4.69) is 0 Å². The molecule has 0 aliphatic carbocycles. The van der Waals surface area contributed by atoms with Gasteiger partial charge in [0.15, 0.2) is 11.6 Å². The van der Waals surface area contributed by atoms with E-state index in [4.69, 9.17) is 10.5 Å². The summed E-state index contributed by atoms with van der Waals surface area (Å²) in [6.45, 7) is 1.46. The van der Waals surface area contributed by atoms with Gasteiger partial charge in [-0.25, -0.2) is 0 Å². The van der Waals surface area contributed by atoms with Gasteiger partial charge in [-0.2, -0.15) is 0 Å². The predicted octanol–water partition coefficient (Wildman–Crippen LogP) is 2.42. The number of carbonyl (C=O) groups excluding carboxylic acids is 3. The molecule has 0 radical (unpaired) electrons. The van der Waals surface area contributed by atoms with Gasteiger partial charge < -0.3 is 10.5 Å². The van der Waals surface area contributed by atoms with E-state index in [0.717, 1.165) is 0 Å². The van der Waals surface area contributed by atoms with E-state index < -0.39 is 5.91 Å². The maximum atomic E-state index is 12.6. The van der Waals surface area contributed by atoms with Gasteiger partial charge >= 0.3 is 0 Å². The zero-order chi connectivity index (χ0) is 17.0. The molecule has 0 saturated heterocycles. The van der Waals surface area contributed by atoms with Crippen LogP contribution in [-0.2, 0) is 6.42 Å². The number of ketones is 2. The highest BCUT2D eigenvalue weighted by Crippen LogP contribution is 2.23. The Morgan fingerprint density at radius 1 is 1.04 bits per heavy atom. The molecular formula is C18H17NO4. The fourth-order valence-electron chi connectivity index (χ4n) is 2.37. The van der Waals surface area contributed by atoms with Gasteiger partial charge in [0.25, 0.3) is 0 Å². The highest BCUT2D eigenvalue weighted by molar-refractivity contribution is 6.04. The number of hydrogen-bond donors (Lipinski definition) is 1. The average molecular weight is 311 g/mol. The lowest BCUT2D eigenvalue weighted by atomic mass is 9.96. The molecule has 0 heterocycles. The van der Waals surface area contributed by atoms with Crippen LogP contribution in [0.25, 0.3) is 0 Å². The fourth-order valence-corrected chi connectivity index (χ4v) is 2.37. The summed E-state index contributed by atoms with van der Waals surface area (Å²) in [4.78, 5) is 35.6. The van der Waals surface area contributed by atoms with Crippen molar-refractivity contribution in [3.63, 3.8) is 0 Å². The average Bonchev–Trinajstić information content (AvgIpc) is 2.54. The standard InChI is InChI=1S/C18H17NO4/c1-11(20)14-6-4-3-5-12(14)10-16(21)15-9-13(18(19)22)7-8-17(15)23-2/h3-9H,10H2,1-2H3,(H2,19,22). The molecule has 5 heteroatoms. The van der Waals surface area contributed by atoms with Crippen LogP contribution in [0, 0.1) is 0 Å². The summed E-state index contributed by atoms with van der Waals surface area (Å²) in [5, 5.41) is 0. The number of ether oxygens (including phenoxy) is 1. The number of primary amides is 1. The van der Waals surface area contributed by atoms with Crippen molar-refractivity contribution < 1.29 is 19.1 Å². The van der Waals surface area contributed by atoms with Crippen LogP contribution in [0.4, 0.5) is 0 Å². The summed E-state index contributed by atoms with van der Waals surface area (Å²) in [7, 11) is 1.44. The zero-order valence-electron chi connectivity index (χ0n) is 13.0. The van der Waals surface area contributed by atoms with Gasteiger partial charge in [0, 0.05) is 17.5 Å². The van der Waals surface area contributed by atoms with Gasteiger partial charge in [-0.3, -0.25) is 14.4 Å². The van der Waals surface area contributed by atoms with Gasteiger partial charge in [0.05, 0.1) is 12.7 Å². The summed E-state index contributed by atoms with van der Waals surface area (Å²) < 4.78 is 5.18. The monoisotopic (exact) mass is 311 g/mol. The van der Waals surface area contributed by atoms with E-state index in [-0.39, 0.29) is 29.1 Å². The number of rotatable bonds is 6. The van der Waals surface area contributed by atoms with Crippen LogP contribution in [-0.4, -0.2) is 24.6 Å². The van der Waals surface area contributed by atoms with Crippen LogP contribution in [0.3, 0.4) is 0 Å². The molecule has 0 aliphatic heterocycles. The lowest BCUT2D eigenvalue weighted by molar-refractivity contribution is 0.0989. The molecule has 0 atom stereocenters. The van der Waals surface area contributed by atoms with E-state index in [0.29, 0.717) is 16.9 Å². The van der Waals surface area contributed by atoms with Gasteiger partial charge in [-0.1, -0.05) is 24.3 Å². The van der Waals surface area contributed by atoms with Crippen molar-refractivity contribution in [1.29, 1.82) is 0 Å². The van der Waals surface area contributed by atoms with Crippen molar-refractivity contribution in [2.75, 3.05) is 7.11 Å². The Morgan fingerprint density at radius 3 is 2.35 bits per heavy atom. The summed E-state index contributed by atoms with van der Waals surface area (Å²) in [6, 6.07) is 11.4. The maximum Gasteiger partial charge on any atom is 0.248 e. The Kier molecular flexibility index (Phi) is 4.91. The number of nitrogens with two attached hydrogens (primary N) is 1. The highest BCUT2D eigenvalue weighted by Gasteiger charge is 2.17. The molecule has 118 valence electrons. The topological polar surface area (TPSA) is 86.5 Å². The second-order valence-corrected chi connectivity index (χ2v) is 5.09. The predicted molar refractivity (Wildman–Crippen MR) is 86.0 cm³/mol. The van der Waals surface area contributed by atoms with Crippen molar-refractivity contribution in [3.05, 3.63) is 64.7 Å². The summed E-state index contributed by atoms with van der Waals surface area (Å²) in [6.07, 6.45) is 0.0360. The minimum absolute atomic E-state index is 0.0360. The number of Topliss-reactive ketones (excluding diaryl/α,β-unsaturated/α-hetero) is 2. The number of methoxy groups -OCH3 is 1. The van der Waals surface area contributed by atoms with E-state index in [9.17, 15) is 14.4 Å². The molecule has 2 N–H and O–H groups in total. The summed E-state index contributed by atoms with van der Waals surface area (Å²) in [5.74, 6) is -0.615. The van der Waals surface area contributed by atoms with Crippen LogP contribution < -0.4 is 10.5 Å². The molecule has 0 aliphatic rings. The van der Waals surface area contributed by atoms with Gasteiger partial charge in [0.2, 0.25) is 5.91 Å². The Morgan fingerprint density at radius 2 is 1.74 bits per heavy atom. The third kappa shape index (κ3) is 3.63. The fraction of sp³-hybridized carbons (Fsp3) is 0.167. The first-order chi connectivity index (χ1) is 10.9. The number of amides is 1. The molecule has 5 nitrogen and oxygen atoms in total. The number of benzene rings is 2. The van der Waals surface area contributed by atoms with Crippen molar-refractivity contribution in [2.45, 2.75) is 13.3 Å². The molecule has 1 amide bonds. The molecule has 23 heavy (non-hydrogen) atoms. The van der Waals surface area contributed by atoms with Crippen molar-refractivity contribution in [1.82, 2.24) is 0 Å². The van der Waals surface area contributed by atoms with Crippen LogP contribution in [0.1, 0.15) is 43.6 Å². The smallest absolute Gasteiger partial charge is 0.248 e. The number of carbonyl (C=O) groups is 3. The molecule has 0 aromatic heterocycles. The zero-order valence-corrected chi connectivity index (χ0v) is 13.0. The van der Waals surface area contributed by atoms with Gasteiger partial charge in [-0.05, 0) is 30.7 Å². The first-order valence-electron chi connectivity index (χ1n) is 7.04. The van der Waals surface area contributed by atoms with Crippen molar-refractivity contribution in [2.24, 2.45) is 5.73 Å². The second-order valence-electron chi connectivity index (χ2n) is 5.09. The molecule has 0 bridgehead atoms. The van der Waals surface area contributed by atoms with Crippen LogP contribution >= 0.6 is 0 Å². The van der Waals surface area contributed by atoms with Gasteiger partial charge in [-0.15, -0.1) is 0 Å². The third-order valence-corrected chi connectivity index (χ3v) is 3.53. The minimum atomic E-state index is -0.620. The molecule has 0 unspecified atom stereocenters. The number of hydrogen-bond acceptors (Lipinski definition) is 4. The summed E-state index contributed by atoms with van der Waals surface area (Å²) >= 11 is 0. The van der Waals surface area contributed by atoms with Crippen LogP contribution in [0.5, 0.6) is 5.75 Å². The third-order valence-electron chi connectivity index (χ3n) is 3.53. The maximum absolute atomic E-state index is 12.6. The van der Waals surface area contributed by atoms with Crippen molar-refractivity contribution in [3.8, 4) is 5.75 Å². The Hall–Kier alpha value is -2.95. The molecular weight excluding hydrogens is 294 g/mol. The molecule has 2 rings (SSSR count). The van der Waals surface area contributed by atoms with E-state index in [1.165, 1.54) is 32.2 Å². The SMILES string of the molecule is COc1ccc(C(N)=O)cc1C(=O)Cc1ccccc1C(C)=O. The van der Waals surface area contributed by atoms with E-state index in [1.807, 2.05) is 0 Å². The minimum Gasteiger partial charge on any atom is -0.496 e. The quantitative estimate of drug-likeness (QED) is 0.830. The normalized spacial score (nSPS) is 10.2. The Bertz CT molecular complexity index is 780. The van der Waals surface area contributed by atoms with Crippen LogP contribution in [0.15, 0.2) is 42.5 Å². The lowest BCUT2D eigenvalue weighted by Crippen LogP contribution is -2.14. The van der Waals surface area contributed by atoms with E-state index >= 15 is 0 Å². The second kappa shape index (κ2) is 6.87. The largest absolute Gasteiger partial charge is 0.496 e. The van der Waals surface area contributed by atoms with Crippen molar-refractivity contribution >= 4 is 17.5 Å². The molecule has 0 spiro atoms. The Balaban J connectivity index is 2.40. The van der Waals surface area contributed by atoms with E-state index in [1.54, 1.807) is 24.3 Å². The van der Waals surface area contributed by atoms with Crippen LogP contribution in [0.2, 0.25) is 0 Å². The highest BCUT2D eigenvalue weighted by atomic mass is 16.5. The molecule has 0 fully saturated rings. The lowest BCUT2D eigenvalue weighted by Gasteiger charge is -2.10. The summed E-state index contributed by atoms with van der Waals surface area (Å²) in [5.41, 5.74) is 6.89. The first kappa shape index (κ1) is 16.4. The first-order valence-corrected chi connectivity index (χ1v) is 7.04.